The highest BCUT2D eigenvalue weighted by atomic mass is 16.4. The van der Waals surface area contributed by atoms with E-state index in [-0.39, 0.29) is 24.0 Å². The zero-order chi connectivity index (χ0) is 19.1. The van der Waals surface area contributed by atoms with Crippen LogP contribution in [-0.2, 0) is 4.79 Å². The predicted molar refractivity (Wildman–Crippen MR) is 99.4 cm³/mol. The summed E-state index contributed by atoms with van der Waals surface area (Å²) in [6.45, 7) is 4.22. The summed E-state index contributed by atoms with van der Waals surface area (Å²) in [5.41, 5.74) is 2.06. The van der Waals surface area contributed by atoms with E-state index in [1.807, 2.05) is 19.9 Å². The molecule has 0 atom stereocenters. The van der Waals surface area contributed by atoms with Crippen molar-refractivity contribution in [2.24, 2.45) is 5.92 Å². The number of aryl methyl sites for hydroxylation is 1. The first-order chi connectivity index (χ1) is 12.4. The lowest BCUT2D eigenvalue weighted by Gasteiger charge is -2.27. The summed E-state index contributed by atoms with van der Waals surface area (Å²) in [5.74, 6) is -1.07. The van der Waals surface area contributed by atoms with E-state index >= 15 is 0 Å². The van der Waals surface area contributed by atoms with E-state index in [0.717, 1.165) is 5.56 Å². The van der Waals surface area contributed by atoms with Crippen LogP contribution in [0.2, 0.25) is 0 Å². The van der Waals surface area contributed by atoms with Crippen LogP contribution < -0.4 is 21.3 Å². The van der Waals surface area contributed by atoms with Crippen molar-refractivity contribution in [3.05, 3.63) is 23.8 Å². The number of hydrogen-bond donors (Lipinski definition) is 5. The number of anilines is 2. The van der Waals surface area contributed by atoms with Crippen molar-refractivity contribution < 1.29 is 19.5 Å². The Morgan fingerprint density at radius 1 is 1.08 bits per heavy atom. The number of amides is 4. The molecule has 1 saturated carbocycles. The molecule has 0 spiro atoms. The average Bonchev–Trinajstić information content (AvgIpc) is 2.58. The lowest BCUT2D eigenvalue weighted by Crippen LogP contribution is -2.41. The molecule has 0 aliphatic heterocycles. The van der Waals surface area contributed by atoms with Gasteiger partial charge in [-0.3, -0.25) is 4.79 Å². The highest BCUT2D eigenvalue weighted by Crippen LogP contribution is 2.25. The van der Waals surface area contributed by atoms with Crippen LogP contribution in [0.4, 0.5) is 21.0 Å². The third kappa shape index (κ3) is 5.65. The second-order valence-corrected chi connectivity index (χ2v) is 6.50. The molecule has 142 valence electrons. The maximum absolute atomic E-state index is 12.2. The minimum atomic E-state index is -0.764. The van der Waals surface area contributed by atoms with Crippen molar-refractivity contribution in [3.8, 4) is 0 Å². The molecular weight excluding hydrogens is 336 g/mol. The van der Waals surface area contributed by atoms with E-state index < -0.39 is 5.97 Å². The van der Waals surface area contributed by atoms with Gasteiger partial charge >= 0.3 is 18.0 Å². The van der Waals surface area contributed by atoms with Crippen LogP contribution >= 0.6 is 0 Å². The van der Waals surface area contributed by atoms with E-state index in [1.165, 1.54) is 0 Å². The molecule has 1 aliphatic rings. The number of urea groups is 2. The van der Waals surface area contributed by atoms with Crippen LogP contribution in [0.5, 0.6) is 0 Å². The third-order valence-electron chi connectivity index (χ3n) is 4.49. The highest BCUT2D eigenvalue weighted by Gasteiger charge is 2.26. The van der Waals surface area contributed by atoms with Crippen LogP contribution in [0, 0.1) is 12.8 Å². The molecule has 0 saturated heterocycles. The van der Waals surface area contributed by atoms with Gasteiger partial charge in [0.05, 0.1) is 5.92 Å². The molecule has 8 heteroatoms. The Hall–Kier alpha value is -2.77. The fraction of sp³-hybridized carbons (Fsp3) is 0.500. The topological polar surface area (TPSA) is 120 Å². The van der Waals surface area contributed by atoms with Gasteiger partial charge in [0.15, 0.2) is 0 Å². The molecule has 1 fully saturated rings. The minimum Gasteiger partial charge on any atom is -0.481 e. The molecule has 0 radical (unpaired) electrons. The normalized spacial score (nSPS) is 19.3. The number of nitrogens with one attached hydrogen (secondary N) is 4. The Morgan fingerprint density at radius 2 is 1.77 bits per heavy atom. The molecule has 5 N–H and O–H groups in total. The maximum atomic E-state index is 12.2. The van der Waals surface area contributed by atoms with Gasteiger partial charge in [-0.15, -0.1) is 0 Å². The summed E-state index contributed by atoms with van der Waals surface area (Å²) < 4.78 is 0. The molecule has 4 amide bonds. The molecule has 1 aromatic rings. The fourth-order valence-electron chi connectivity index (χ4n) is 3.00. The van der Waals surface area contributed by atoms with Crippen molar-refractivity contribution in [1.29, 1.82) is 0 Å². The highest BCUT2D eigenvalue weighted by molar-refractivity contribution is 5.93. The predicted octanol–water partition coefficient (Wildman–Crippen LogP) is 2.90. The van der Waals surface area contributed by atoms with E-state index in [2.05, 4.69) is 21.3 Å². The van der Waals surface area contributed by atoms with Crippen molar-refractivity contribution >= 4 is 29.4 Å². The molecule has 0 bridgehead atoms. The largest absolute Gasteiger partial charge is 0.481 e. The lowest BCUT2D eigenvalue weighted by molar-refractivity contribution is -0.142. The molecule has 26 heavy (non-hydrogen) atoms. The number of benzene rings is 1. The van der Waals surface area contributed by atoms with Crippen molar-refractivity contribution in [3.63, 3.8) is 0 Å². The summed E-state index contributed by atoms with van der Waals surface area (Å²) in [6, 6.07) is 4.62. The van der Waals surface area contributed by atoms with E-state index in [9.17, 15) is 14.4 Å². The van der Waals surface area contributed by atoms with Crippen LogP contribution in [0.3, 0.4) is 0 Å². The zero-order valence-corrected chi connectivity index (χ0v) is 15.1. The van der Waals surface area contributed by atoms with Crippen LogP contribution in [0.25, 0.3) is 0 Å². The van der Waals surface area contributed by atoms with Gasteiger partial charge < -0.3 is 26.4 Å². The number of rotatable bonds is 5. The molecule has 8 nitrogen and oxygen atoms in total. The summed E-state index contributed by atoms with van der Waals surface area (Å²) >= 11 is 0. The Balaban J connectivity index is 1.90. The second-order valence-electron chi connectivity index (χ2n) is 6.50. The Bertz CT molecular complexity index is 669. The first-order valence-electron chi connectivity index (χ1n) is 8.85. The smallest absolute Gasteiger partial charge is 0.319 e. The SMILES string of the molecule is CCNC(=O)Nc1ccc(C)c(NC(=O)NC2CCC(C(=O)O)CC2)c1. The van der Waals surface area contributed by atoms with Gasteiger partial charge in [0.25, 0.3) is 0 Å². The number of carbonyl (C=O) groups excluding carboxylic acids is 2. The fourth-order valence-corrected chi connectivity index (χ4v) is 3.00. The molecular formula is C18H26N4O4. The maximum Gasteiger partial charge on any atom is 0.319 e. The van der Waals surface area contributed by atoms with Crippen molar-refractivity contribution in [2.45, 2.75) is 45.6 Å². The Kier molecular flexibility index (Phi) is 6.82. The summed E-state index contributed by atoms with van der Waals surface area (Å²) in [5, 5.41) is 20.1. The van der Waals surface area contributed by atoms with Gasteiger partial charge in [-0.1, -0.05) is 6.07 Å². The minimum absolute atomic E-state index is 0.0254. The van der Waals surface area contributed by atoms with Crippen molar-refractivity contribution in [2.75, 3.05) is 17.2 Å². The molecule has 1 aliphatic carbocycles. The Morgan fingerprint density at radius 3 is 2.38 bits per heavy atom. The number of hydrogen-bond acceptors (Lipinski definition) is 3. The van der Waals surface area contributed by atoms with Gasteiger partial charge in [0.1, 0.15) is 0 Å². The summed E-state index contributed by atoms with van der Waals surface area (Å²) in [7, 11) is 0. The summed E-state index contributed by atoms with van der Waals surface area (Å²) in [6.07, 6.45) is 2.46. The number of carbonyl (C=O) groups is 3. The van der Waals surface area contributed by atoms with E-state index in [1.54, 1.807) is 12.1 Å². The van der Waals surface area contributed by atoms with Crippen LogP contribution in [-0.4, -0.2) is 35.7 Å². The van der Waals surface area contributed by atoms with Gasteiger partial charge in [0, 0.05) is 24.0 Å². The van der Waals surface area contributed by atoms with E-state index in [4.69, 9.17) is 5.11 Å². The third-order valence-corrected chi connectivity index (χ3v) is 4.49. The monoisotopic (exact) mass is 362 g/mol. The summed E-state index contributed by atoms with van der Waals surface area (Å²) in [4.78, 5) is 34.8. The molecule has 0 aromatic heterocycles. The standard InChI is InChI=1S/C18H26N4O4/c1-3-19-17(25)21-14-7-4-11(2)15(10-14)22-18(26)20-13-8-5-12(6-9-13)16(23)24/h4,7,10,12-13H,3,5-6,8-9H2,1-2H3,(H,23,24)(H2,19,21,25)(H2,20,22,26). The first kappa shape index (κ1) is 19.6. The zero-order valence-electron chi connectivity index (χ0n) is 15.1. The Labute approximate surface area is 152 Å². The van der Waals surface area contributed by atoms with Crippen LogP contribution in [0.1, 0.15) is 38.2 Å². The number of aliphatic carboxylic acids is 1. The first-order valence-corrected chi connectivity index (χ1v) is 8.85. The number of carboxylic acids is 1. The van der Waals surface area contributed by atoms with Crippen LogP contribution in [0.15, 0.2) is 18.2 Å². The van der Waals surface area contributed by atoms with Gasteiger partial charge in [-0.05, 0) is 57.2 Å². The molecule has 2 rings (SSSR count). The second kappa shape index (κ2) is 9.07. The molecule has 0 heterocycles. The molecule has 1 aromatic carbocycles. The average molecular weight is 362 g/mol. The van der Waals surface area contributed by atoms with Gasteiger partial charge in [0.2, 0.25) is 0 Å². The number of carboxylic acid groups (broad SMARTS) is 1. The quantitative estimate of drug-likeness (QED) is 0.553. The molecule has 0 unspecified atom stereocenters. The van der Waals surface area contributed by atoms with Gasteiger partial charge in [-0.25, -0.2) is 9.59 Å². The van der Waals surface area contributed by atoms with Crippen molar-refractivity contribution in [1.82, 2.24) is 10.6 Å². The lowest BCUT2D eigenvalue weighted by atomic mass is 9.86. The van der Waals surface area contributed by atoms with E-state index in [0.29, 0.717) is 43.6 Å². The van der Waals surface area contributed by atoms with Gasteiger partial charge in [-0.2, -0.15) is 0 Å².